The van der Waals surface area contributed by atoms with E-state index in [2.05, 4.69) is 5.10 Å². The van der Waals surface area contributed by atoms with Crippen LogP contribution in [0.2, 0.25) is 0 Å². The molecule has 0 spiro atoms. The Bertz CT molecular complexity index is 1170. The molecule has 1 atom stereocenters. The fourth-order valence-electron chi connectivity index (χ4n) is 4.32. The maximum atomic E-state index is 13.4. The first-order chi connectivity index (χ1) is 14.1. The fourth-order valence-corrected chi connectivity index (χ4v) is 4.32. The molecule has 3 aromatic rings. The molecule has 29 heavy (non-hydrogen) atoms. The Kier molecular flexibility index (Phi) is 4.16. The van der Waals surface area contributed by atoms with Gasteiger partial charge in [-0.3, -0.25) is 14.4 Å². The van der Waals surface area contributed by atoms with Crippen LogP contribution in [0.25, 0.3) is 16.5 Å². The van der Waals surface area contributed by atoms with Crippen LogP contribution in [0.5, 0.6) is 0 Å². The normalized spacial score (nSPS) is 18.9. The van der Waals surface area contributed by atoms with E-state index in [9.17, 15) is 14.4 Å². The van der Waals surface area contributed by atoms with Crippen LogP contribution < -0.4 is 5.56 Å². The quantitative estimate of drug-likeness (QED) is 0.671. The van der Waals surface area contributed by atoms with Crippen molar-refractivity contribution in [3.63, 3.8) is 0 Å². The van der Waals surface area contributed by atoms with Crippen molar-refractivity contribution in [1.29, 1.82) is 0 Å². The van der Waals surface area contributed by atoms with Crippen LogP contribution in [0.4, 0.5) is 0 Å². The van der Waals surface area contributed by atoms with Crippen molar-refractivity contribution in [3.8, 4) is 5.69 Å². The highest BCUT2D eigenvalue weighted by Crippen LogP contribution is 2.24. The van der Waals surface area contributed by atoms with Gasteiger partial charge in [0, 0.05) is 24.5 Å². The number of hydrogen-bond acceptors (Lipinski definition) is 4. The van der Waals surface area contributed by atoms with Crippen LogP contribution in [0.15, 0.2) is 59.4 Å². The predicted molar refractivity (Wildman–Crippen MR) is 108 cm³/mol. The molecular weight excluding hydrogens is 368 g/mol. The van der Waals surface area contributed by atoms with Crippen LogP contribution >= 0.6 is 0 Å². The topological polar surface area (TPSA) is 75.5 Å². The average Bonchev–Trinajstić information content (AvgIpc) is 3.24. The van der Waals surface area contributed by atoms with E-state index in [4.69, 9.17) is 0 Å². The Labute approximate surface area is 167 Å². The number of hydrogen-bond donors (Lipinski definition) is 0. The molecule has 0 bridgehead atoms. The van der Waals surface area contributed by atoms with Crippen LogP contribution in [0, 0.1) is 0 Å². The summed E-state index contributed by atoms with van der Waals surface area (Å²) in [6.07, 6.45) is 1.88. The maximum Gasteiger partial charge on any atom is 0.279 e. The highest BCUT2D eigenvalue weighted by atomic mass is 16.2. The van der Waals surface area contributed by atoms with E-state index in [1.165, 1.54) is 4.68 Å². The second-order valence-corrected chi connectivity index (χ2v) is 7.52. The van der Waals surface area contributed by atoms with Gasteiger partial charge in [-0.2, -0.15) is 9.78 Å². The summed E-state index contributed by atoms with van der Waals surface area (Å²) >= 11 is 0. The second kappa shape index (κ2) is 6.84. The molecule has 2 saturated heterocycles. The Hall–Kier alpha value is -3.48. The van der Waals surface area contributed by atoms with Crippen molar-refractivity contribution < 1.29 is 9.59 Å². The predicted octanol–water partition coefficient (Wildman–Crippen LogP) is 1.83. The van der Waals surface area contributed by atoms with E-state index in [1.807, 2.05) is 23.1 Å². The summed E-state index contributed by atoms with van der Waals surface area (Å²) in [6, 6.07) is 16.1. The molecule has 7 nitrogen and oxygen atoms in total. The van der Waals surface area contributed by atoms with Gasteiger partial charge in [0.05, 0.1) is 11.1 Å². The summed E-state index contributed by atoms with van der Waals surface area (Å²) in [4.78, 5) is 42.3. The Morgan fingerprint density at radius 2 is 1.69 bits per heavy atom. The number of carbonyl (C=O) groups excluding carboxylic acids is 2. The van der Waals surface area contributed by atoms with Gasteiger partial charge in [-0.15, -0.1) is 0 Å². The molecule has 0 saturated carbocycles. The molecule has 5 rings (SSSR count). The molecule has 1 unspecified atom stereocenters. The molecule has 1 aromatic heterocycles. The number of carbonyl (C=O) groups is 2. The monoisotopic (exact) mass is 388 g/mol. The van der Waals surface area contributed by atoms with Crippen molar-refractivity contribution >= 4 is 22.6 Å². The van der Waals surface area contributed by atoms with Crippen LogP contribution in [-0.2, 0) is 4.79 Å². The van der Waals surface area contributed by atoms with Gasteiger partial charge in [-0.1, -0.05) is 36.4 Å². The molecule has 2 amide bonds. The van der Waals surface area contributed by atoms with Crippen LogP contribution in [0.3, 0.4) is 0 Å². The van der Waals surface area contributed by atoms with Gasteiger partial charge >= 0.3 is 0 Å². The zero-order valence-electron chi connectivity index (χ0n) is 15.8. The molecule has 2 aliphatic heterocycles. The highest BCUT2D eigenvalue weighted by Gasteiger charge is 2.38. The molecule has 3 heterocycles. The summed E-state index contributed by atoms with van der Waals surface area (Å²) in [5, 5.41) is 5.39. The van der Waals surface area contributed by atoms with Gasteiger partial charge in [-0.25, -0.2) is 0 Å². The van der Waals surface area contributed by atoms with Gasteiger partial charge in [0.2, 0.25) is 5.91 Å². The highest BCUT2D eigenvalue weighted by molar-refractivity contribution is 6.06. The molecule has 146 valence electrons. The summed E-state index contributed by atoms with van der Waals surface area (Å²) in [6.45, 7) is 1.33. The number of benzene rings is 2. The fraction of sp³-hybridized carbons (Fsp3) is 0.273. The zero-order chi connectivity index (χ0) is 20.0. The summed E-state index contributed by atoms with van der Waals surface area (Å²) in [5.41, 5.74) is 0.511. The number of aromatic nitrogens is 2. The number of piperazine rings is 1. The van der Waals surface area contributed by atoms with Crippen molar-refractivity contribution in [1.82, 2.24) is 19.6 Å². The lowest BCUT2D eigenvalue weighted by molar-refractivity contribution is -0.136. The van der Waals surface area contributed by atoms with Gasteiger partial charge < -0.3 is 9.80 Å². The number of para-hydroxylation sites is 1. The lowest BCUT2D eigenvalue weighted by Gasteiger charge is -2.37. The van der Waals surface area contributed by atoms with E-state index in [0.717, 1.165) is 19.4 Å². The SMILES string of the molecule is O=C(c1nn(-c2ccccc2)c(=O)c2ccccc12)N1CC(=O)N2CCCC2C1. The van der Waals surface area contributed by atoms with Crippen LogP contribution in [0.1, 0.15) is 23.3 Å². The lowest BCUT2D eigenvalue weighted by Crippen LogP contribution is -2.55. The number of rotatable bonds is 2. The largest absolute Gasteiger partial charge is 0.336 e. The molecule has 0 aliphatic carbocycles. The molecule has 2 aliphatic rings. The first-order valence-corrected chi connectivity index (χ1v) is 9.80. The smallest absolute Gasteiger partial charge is 0.279 e. The minimum Gasteiger partial charge on any atom is -0.336 e. The van der Waals surface area contributed by atoms with E-state index < -0.39 is 0 Å². The van der Waals surface area contributed by atoms with E-state index in [-0.39, 0.29) is 35.7 Å². The summed E-state index contributed by atoms with van der Waals surface area (Å²) in [7, 11) is 0. The average molecular weight is 388 g/mol. The number of nitrogens with zero attached hydrogens (tertiary/aromatic N) is 4. The lowest BCUT2D eigenvalue weighted by atomic mass is 10.1. The van der Waals surface area contributed by atoms with Gasteiger partial charge in [-0.05, 0) is 31.0 Å². The summed E-state index contributed by atoms with van der Waals surface area (Å²) in [5.74, 6) is -0.335. The van der Waals surface area contributed by atoms with Crippen molar-refractivity contribution in [2.24, 2.45) is 0 Å². The number of amides is 2. The zero-order valence-corrected chi connectivity index (χ0v) is 15.8. The van der Waals surface area contributed by atoms with E-state index >= 15 is 0 Å². The minimum absolute atomic E-state index is 0.0206. The Morgan fingerprint density at radius 1 is 0.966 bits per heavy atom. The van der Waals surface area contributed by atoms with E-state index in [1.54, 1.807) is 41.3 Å². The van der Waals surface area contributed by atoms with Crippen molar-refractivity contribution in [2.75, 3.05) is 19.6 Å². The van der Waals surface area contributed by atoms with Crippen LogP contribution in [-0.4, -0.2) is 57.1 Å². The first-order valence-electron chi connectivity index (χ1n) is 9.80. The summed E-state index contributed by atoms with van der Waals surface area (Å²) < 4.78 is 1.27. The van der Waals surface area contributed by atoms with Gasteiger partial charge in [0.15, 0.2) is 5.69 Å². The molecule has 0 radical (unpaired) electrons. The second-order valence-electron chi connectivity index (χ2n) is 7.52. The van der Waals surface area contributed by atoms with Gasteiger partial charge in [0.25, 0.3) is 11.5 Å². The number of fused-ring (bicyclic) bond motifs is 2. The molecule has 2 fully saturated rings. The first kappa shape index (κ1) is 17.6. The molecule has 2 aromatic carbocycles. The molecule has 0 N–H and O–H groups in total. The standard InChI is InChI=1S/C22H20N4O3/c27-19-14-24(13-16-9-6-12-25(16)19)22(29)20-17-10-4-5-11-18(17)21(28)26(23-20)15-7-2-1-3-8-15/h1-5,7-8,10-11,16H,6,9,12-14H2. The van der Waals surface area contributed by atoms with Crippen molar-refractivity contribution in [3.05, 3.63) is 70.6 Å². The Morgan fingerprint density at radius 3 is 2.48 bits per heavy atom. The Balaban J connectivity index is 1.62. The minimum atomic E-state index is -0.314. The maximum absolute atomic E-state index is 13.4. The third-order valence-corrected chi connectivity index (χ3v) is 5.75. The van der Waals surface area contributed by atoms with Gasteiger partial charge in [0.1, 0.15) is 6.54 Å². The molecule has 7 heteroatoms. The molecular formula is C22H20N4O3. The third kappa shape index (κ3) is 2.90. The van der Waals surface area contributed by atoms with E-state index in [0.29, 0.717) is 23.0 Å². The van der Waals surface area contributed by atoms with Crippen molar-refractivity contribution in [2.45, 2.75) is 18.9 Å². The third-order valence-electron chi connectivity index (χ3n) is 5.75.